The van der Waals surface area contributed by atoms with Crippen LogP contribution < -0.4 is 31.5 Å². The predicted octanol–water partition coefficient (Wildman–Crippen LogP) is 3.97. The minimum atomic E-state index is -1.58. The normalized spacial score (nSPS) is 24.6. The van der Waals surface area contributed by atoms with E-state index in [1.165, 1.54) is 7.11 Å². The van der Waals surface area contributed by atoms with Crippen LogP contribution in [0.15, 0.2) is 41.3 Å². The first-order valence-corrected chi connectivity index (χ1v) is 22.2. The van der Waals surface area contributed by atoms with Crippen molar-refractivity contribution in [1.29, 1.82) is 0 Å². The molecule has 4 fully saturated rings. The van der Waals surface area contributed by atoms with Gasteiger partial charge in [-0.2, -0.15) is 0 Å². The average Bonchev–Trinajstić information content (AvgIpc) is 3.70. The minimum Gasteiger partial charge on any atom is -0.496 e. The minimum absolute atomic E-state index is 0.0309. The number of methoxy groups -OCH3 is 1. The Balaban J connectivity index is 0.864. The molecule has 4 atom stereocenters. The molecule has 0 spiro atoms. The summed E-state index contributed by atoms with van der Waals surface area (Å²) in [6.07, 6.45) is 7.26. The summed E-state index contributed by atoms with van der Waals surface area (Å²) >= 11 is 0. The number of carbonyl (C=O) groups excluding carboxylic acids is 4. The summed E-state index contributed by atoms with van der Waals surface area (Å²) in [5.41, 5.74) is 8.91. The van der Waals surface area contributed by atoms with Gasteiger partial charge in [0.2, 0.25) is 17.7 Å². The number of ether oxygens (including phenoxy) is 2. The van der Waals surface area contributed by atoms with Gasteiger partial charge >= 0.3 is 5.69 Å². The number of nitrogens with one attached hydrogen (secondary N) is 2. The van der Waals surface area contributed by atoms with Crippen LogP contribution in [0.3, 0.4) is 0 Å². The van der Waals surface area contributed by atoms with Gasteiger partial charge in [-0.15, -0.1) is 0 Å². The van der Waals surface area contributed by atoms with Crippen LogP contribution in [-0.2, 0) is 28.0 Å². The third-order valence-electron chi connectivity index (χ3n) is 13.9. The maximum absolute atomic E-state index is 14.5. The van der Waals surface area contributed by atoms with Crippen LogP contribution in [0.1, 0.15) is 92.2 Å². The van der Waals surface area contributed by atoms with Crippen LogP contribution >= 0.6 is 0 Å². The fourth-order valence-corrected chi connectivity index (χ4v) is 10.3. The lowest BCUT2D eigenvalue weighted by Gasteiger charge is -2.39. The molecule has 334 valence electrons. The molecule has 1 saturated carbocycles. The van der Waals surface area contributed by atoms with E-state index in [-0.39, 0.29) is 47.7 Å². The number of aryl methyl sites for hydroxylation is 1. The van der Waals surface area contributed by atoms with E-state index in [0.29, 0.717) is 53.2 Å². The summed E-state index contributed by atoms with van der Waals surface area (Å²) in [6, 6.07) is 8.48. The van der Waals surface area contributed by atoms with Gasteiger partial charge in [0.1, 0.15) is 18.4 Å². The molecule has 5 heterocycles. The molecule has 0 bridgehead atoms. The summed E-state index contributed by atoms with van der Waals surface area (Å²) in [7, 11) is 5.44. The second kappa shape index (κ2) is 18.5. The average molecular weight is 865 g/mol. The standard InChI is InChI=1S/C47H57FN8O7/c1-5-32-36(51-45(60)41(32)48)26-63-46-34-22-39(62-4)35(43(49)58)21-33(34)29(23-50-46)14-13-27-9-11-28(12-10-27)24-53(2)31-17-19-55(20-18-31)25-30-7-6-8-37-42(30)54(3)47(61)56(37)38-15-16-40(57)52-44(38)59/h6-8,21-23,27-28,31-32,36,38,41H,5,9-12,15-20,24-26H2,1-4H3,(H2,49,58)(H,51,60)(H,52,57,59)/t27-,28+,32-,36+,38?,41-/m0/s1. The van der Waals surface area contributed by atoms with Gasteiger partial charge in [0.05, 0.1) is 35.3 Å². The molecule has 4 aromatic rings. The first-order valence-electron chi connectivity index (χ1n) is 22.2. The van der Waals surface area contributed by atoms with Gasteiger partial charge in [0.15, 0.2) is 6.17 Å². The van der Waals surface area contributed by atoms with Crippen molar-refractivity contribution in [3.63, 3.8) is 0 Å². The van der Waals surface area contributed by atoms with Crippen LogP contribution in [0.25, 0.3) is 21.8 Å². The van der Waals surface area contributed by atoms with E-state index < -0.39 is 41.9 Å². The first kappa shape index (κ1) is 43.8. The molecule has 63 heavy (non-hydrogen) atoms. The molecular weight excluding hydrogens is 808 g/mol. The van der Waals surface area contributed by atoms with Gasteiger partial charge in [-0.3, -0.25) is 38.5 Å². The summed E-state index contributed by atoms with van der Waals surface area (Å²) < 4.78 is 29.2. The molecule has 1 unspecified atom stereocenters. The number of imidazole rings is 1. The fourth-order valence-electron chi connectivity index (χ4n) is 10.3. The number of nitrogens with two attached hydrogens (primary N) is 1. The Morgan fingerprint density at radius 2 is 1.79 bits per heavy atom. The molecule has 0 radical (unpaired) electrons. The lowest BCUT2D eigenvalue weighted by molar-refractivity contribution is -0.135. The van der Waals surface area contributed by atoms with Gasteiger partial charge in [-0.1, -0.05) is 30.9 Å². The summed E-state index contributed by atoms with van der Waals surface area (Å²) in [4.78, 5) is 71.9. The third kappa shape index (κ3) is 8.90. The van der Waals surface area contributed by atoms with Crippen molar-refractivity contribution in [3.8, 4) is 23.5 Å². The molecule has 15 nitrogen and oxygen atoms in total. The van der Waals surface area contributed by atoms with Crippen molar-refractivity contribution >= 4 is 45.4 Å². The molecule has 2 aromatic carbocycles. The maximum Gasteiger partial charge on any atom is 0.329 e. The third-order valence-corrected chi connectivity index (χ3v) is 13.9. The van der Waals surface area contributed by atoms with Crippen LogP contribution in [-0.4, -0.2) is 106 Å². The molecule has 2 aromatic heterocycles. The van der Waals surface area contributed by atoms with E-state index >= 15 is 0 Å². The van der Waals surface area contributed by atoms with Crippen molar-refractivity contribution in [2.75, 3.05) is 40.4 Å². The summed E-state index contributed by atoms with van der Waals surface area (Å²) in [6.45, 7) is 5.49. The van der Waals surface area contributed by atoms with Crippen LogP contribution in [0.2, 0.25) is 0 Å². The Bertz CT molecular complexity index is 2550. The molecule has 4 aliphatic rings. The SMILES string of the molecule is CC[C@@H]1[C@H](F)C(=O)N[C@@H]1COc1ncc(C#C[C@H]2CC[C@@H](CN(C)C3CCN(Cc4cccc5c4n(C)c(=O)n5C4CCC(=O)NC4=O)CC3)CC2)c2cc(C(N)=O)c(OC)cc12. The first-order chi connectivity index (χ1) is 30.3. The molecule has 1 aliphatic carbocycles. The highest BCUT2D eigenvalue weighted by Crippen LogP contribution is 2.35. The van der Waals surface area contributed by atoms with Gasteiger partial charge in [-0.05, 0) is 101 Å². The highest BCUT2D eigenvalue weighted by molar-refractivity contribution is 6.03. The van der Waals surface area contributed by atoms with E-state index in [1.54, 1.807) is 34.5 Å². The van der Waals surface area contributed by atoms with Gasteiger partial charge in [0.25, 0.3) is 11.8 Å². The number of aromatic nitrogens is 3. The number of para-hydroxylation sites is 1. The number of carbonyl (C=O) groups is 4. The Morgan fingerprint density at radius 3 is 2.49 bits per heavy atom. The quantitative estimate of drug-likeness (QED) is 0.139. The smallest absolute Gasteiger partial charge is 0.329 e. The zero-order valence-corrected chi connectivity index (χ0v) is 36.5. The zero-order chi connectivity index (χ0) is 44.5. The Kier molecular flexibility index (Phi) is 12.9. The maximum atomic E-state index is 14.5. The number of fused-ring (bicyclic) bond motifs is 2. The molecule has 3 saturated heterocycles. The lowest BCUT2D eigenvalue weighted by Crippen LogP contribution is -2.44. The fraction of sp³-hybridized carbons (Fsp3) is 0.532. The van der Waals surface area contributed by atoms with E-state index in [2.05, 4.69) is 50.4 Å². The topological polar surface area (TPSA) is 183 Å². The number of benzene rings is 2. The molecule has 4 N–H and O–H groups in total. The number of amides is 4. The predicted molar refractivity (Wildman–Crippen MR) is 235 cm³/mol. The lowest BCUT2D eigenvalue weighted by atomic mass is 9.81. The highest BCUT2D eigenvalue weighted by atomic mass is 19.1. The summed E-state index contributed by atoms with van der Waals surface area (Å²) in [5.74, 6) is 5.65. The summed E-state index contributed by atoms with van der Waals surface area (Å²) in [5, 5.41) is 6.29. The number of hydrogen-bond donors (Lipinski definition) is 3. The number of rotatable bonds is 12. The van der Waals surface area contributed by atoms with Gasteiger partial charge < -0.3 is 25.4 Å². The molecule has 3 aliphatic heterocycles. The number of nitrogens with zero attached hydrogens (tertiary/aromatic N) is 5. The molecular formula is C47H57FN8O7. The van der Waals surface area contributed by atoms with E-state index in [0.717, 1.165) is 69.2 Å². The van der Waals surface area contributed by atoms with Crippen LogP contribution in [0.4, 0.5) is 4.39 Å². The van der Waals surface area contributed by atoms with Crippen molar-refractivity contribution in [2.24, 2.45) is 30.5 Å². The Hall–Kier alpha value is -5.79. The van der Waals surface area contributed by atoms with Gasteiger partial charge in [0, 0.05) is 61.4 Å². The number of likely N-dealkylation sites (tertiary alicyclic amines) is 1. The second-order valence-corrected chi connectivity index (χ2v) is 17.7. The van der Waals surface area contributed by atoms with Crippen molar-refractivity contribution < 1.29 is 33.0 Å². The Morgan fingerprint density at radius 1 is 1.03 bits per heavy atom. The number of halogens is 1. The monoisotopic (exact) mass is 864 g/mol. The Labute approximate surface area is 365 Å². The van der Waals surface area contributed by atoms with E-state index in [1.807, 2.05) is 19.1 Å². The zero-order valence-electron chi connectivity index (χ0n) is 36.5. The van der Waals surface area contributed by atoms with Crippen molar-refractivity contribution in [1.82, 2.24) is 34.6 Å². The molecule has 8 rings (SSSR count). The molecule has 16 heteroatoms. The van der Waals surface area contributed by atoms with E-state index in [4.69, 9.17) is 15.2 Å². The largest absolute Gasteiger partial charge is 0.496 e. The van der Waals surface area contributed by atoms with Crippen molar-refractivity contribution in [3.05, 3.63) is 63.7 Å². The van der Waals surface area contributed by atoms with Gasteiger partial charge in [-0.25, -0.2) is 14.2 Å². The van der Waals surface area contributed by atoms with Crippen LogP contribution in [0, 0.1) is 29.6 Å². The number of pyridine rings is 1. The number of piperidine rings is 2. The highest BCUT2D eigenvalue weighted by Gasteiger charge is 2.42. The van der Waals surface area contributed by atoms with Crippen LogP contribution in [0.5, 0.6) is 11.6 Å². The number of primary amides is 1. The second-order valence-electron chi connectivity index (χ2n) is 17.7. The number of alkyl halides is 1. The van der Waals surface area contributed by atoms with Crippen molar-refractivity contribution in [2.45, 2.75) is 95.6 Å². The van der Waals surface area contributed by atoms with E-state index in [9.17, 15) is 28.4 Å². The molecule has 4 amide bonds. The number of imide groups is 1. The number of hydrogen-bond acceptors (Lipinski definition) is 10.